The van der Waals surface area contributed by atoms with E-state index in [4.69, 9.17) is 11.6 Å². The zero-order valence-electron chi connectivity index (χ0n) is 7.49. The molecule has 7 heteroatoms. The number of alkyl halides is 5. The predicted molar refractivity (Wildman–Crippen MR) is 53.9 cm³/mol. The number of hydrogen-bond acceptors (Lipinski definition) is 1. The van der Waals surface area contributed by atoms with E-state index in [9.17, 15) is 22.0 Å². The van der Waals surface area contributed by atoms with Crippen LogP contribution in [0.15, 0.2) is 24.3 Å². The van der Waals surface area contributed by atoms with E-state index >= 15 is 0 Å². The van der Waals surface area contributed by atoms with Crippen LogP contribution >= 0.6 is 23.8 Å². The minimum absolute atomic E-state index is 0.0955. The van der Waals surface area contributed by atoms with Crippen LogP contribution in [0.1, 0.15) is 11.1 Å². The maximum atomic E-state index is 12.8. The zero-order chi connectivity index (χ0) is 12.6. The second kappa shape index (κ2) is 4.25. The summed E-state index contributed by atoms with van der Waals surface area (Å²) in [5, 5.41) is 0. The summed E-state index contributed by atoms with van der Waals surface area (Å²) in [6, 6.07) is 3.34. The monoisotopic (exact) mass is 274 g/mol. The minimum atomic E-state index is -5.62. The molecule has 0 saturated carbocycles. The zero-order valence-corrected chi connectivity index (χ0v) is 9.06. The van der Waals surface area contributed by atoms with Gasteiger partial charge >= 0.3 is 12.1 Å². The topological polar surface area (TPSA) is 0 Å². The molecule has 1 rings (SSSR count). The van der Waals surface area contributed by atoms with Crippen molar-refractivity contribution in [1.29, 1.82) is 0 Å². The minimum Gasteiger partial charge on any atom is -0.191 e. The largest absolute Gasteiger partial charge is 0.458 e. The molecule has 0 atom stereocenters. The lowest BCUT2D eigenvalue weighted by atomic mass is 10.1. The molecular weight excluding hydrogens is 271 g/mol. The summed E-state index contributed by atoms with van der Waals surface area (Å²) < 4.78 is 61.4. The lowest BCUT2D eigenvalue weighted by Crippen LogP contribution is -2.33. The summed E-state index contributed by atoms with van der Waals surface area (Å²) in [5.41, 5.74) is -0.921. The van der Waals surface area contributed by atoms with Crippen LogP contribution in [0.2, 0.25) is 0 Å². The van der Waals surface area contributed by atoms with Gasteiger partial charge < -0.3 is 0 Å². The Hall–Kier alpha value is -0.750. The van der Waals surface area contributed by atoms with E-state index < -0.39 is 17.7 Å². The second-order valence-electron chi connectivity index (χ2n) is 2.92. The van der Waals surface area contributed by atoms with Gasteiger partial charge in [0.2, 0.25) is 0 Å². The molecule has 0 amide bonds. The summed E-state index contributed by atoms with van der Waals surface area (Å²) in [6.07, 6.45) is -5.62. The van der Waals surface area contributed by atoms with E-state index in [0.29, 0.717) is 12.1 Å². The molecule has 0 spiro atoms. The van der Waals surface area contributed by atoms with E-state index in [1.54, 1.807) is 0 Å². The molecule has 0 saturated heterocycles. The van der Waals surface area contributed by atoms with Crippen LogP contribution in [0, 0.1) is 0 Å². The number of hydrogen-bond donors (Lipinski definition) is 0. The molecule has 0 unspecified atom stereocenters. The van der Waals surface area contributed by atoms with Crippen LogP contribution in [-0.4, -0.2) is 10.5 Å². The molecule has 0 aromatic heterocycles. The number of thiocarbonyl (C=S) groups is 1. The first kappa shape index (κ1) is 13.3. The van der Waals surface area contributed by atoms with Gasteiger partial charge in [-0.25, -0.2) is 0 Å². The molecule has 0 radical (unpaired) electrons. The summed E-state index contributed by atoms with van der Waals surface area (Å²) in [4.78, 5) is 0. The highest BCUT2D eigenvalue weighted by molar-refractivity contribution is 7.83. The summed E-state index contributed by atoms with van der Waals surface area (Å²) in [7, 11) is 0. The van der Waals surface area contributed by atoms with Gasteiger partial charge in [-0.2, -0.15) is 22.0 Å². The average molecular weight is 275 g/mol. The third-order valence-electron chi connectivity index (χ3n) is 1.83. The molecule has 0 aliphatic heterocycles. The van der Waals surface area contributed by atoms with Crippen molar-refractivity contribution >= 4 is 28.1 Å². The van der Waals surface area contributed by atoms with Crippen molar-refractivity contribution in [3.63, 3.8) is 0 Å². The van der Waals surface area contributed by atoms with E-state index in [1.807, 2.05) is 0 Å². The van der Waals surface area contributed by atoms with Gasteiger partial charge in [-0.05, 0) is 0 Å². The lowest BCUT2D eigenvalue weighted by Gasteiger charge is -2.19. The Bertz CT molecular complexity index is 395. The van der Waals surface area contributed by atoms with Crippen molar-refractivity contribution in [2.75, 3.05) is 0 Å². The average Bonchev–Trinajstić information content (AvgIpc) is 2.16. The van der Waals surface area contributed by atoms with Gasteiger partial charge in [-0.3, -0.25) is 0 Å². The van der Waals surface area contributed by atoms with Gasteiger partial charge in [0.25, 0.3) is 0 Å². The fourth-order valence-electron chi connectivity index (χ4n) is 0.974. The maximum absolute atomic E-state index is 12.8. The highest BCUT2D eigenvalue weighted by Gasteiger charge is 2.58. The fraction of sp³-hybridized carbons (Fsp3) is 0.222. The molecule has 0 bridgehead atoms. The van der Waals surface area contributed by atoms with Crippen molar-refractivity contribution in [3.05, 3.63) is 35.4 Å². The van der Waals surface area contributed by atoms with Crippen LogP contribution in [-0.2, 0) is 5.92 Å². The molecule has 0 N–H and O–H groups in total. The van der Waals surface area contributed by atoms with Gasteiger partial charge in [0, 0.05) is 11.1 Å². The van der Waals surface area contributed by atoms with Crippen LogP contribution in [0.5, 0.6) is 0 Å². The maximum Gasteiger partial charge on any atom is 0.458 e. The second-order valence-corrected chi connectivity index (χ2v) is 3.93. The SMILES string of the molecule is FC(F)(F)C(F)(F)c1ccc(C(=S)Cl)cc1. The normalized spacial score (nSPS) is 12.6. The van der Waals surface area contributed by atoms with Crippen LogP contribution in [0.25, 0.3) is 0 Å². The Morgan fingerprint density at radius 3 is 1.75 bits per heavy atom. The summed E-state index contributed by atoms with van der Waals surface area (Å²) >= 11 is 9.91. The number of benzene rings is 1. The van der Waals surface area contributed by atoms with Crippen molar-refractivity contribution in [2.45, 2.75) is 12.1 Å². The molecule has 88 valence electrons. The van der Waals surface area contributed by atoms with E-state index in [1.165, 1.54) is 0 Å². The van der Waals surface area contributed by atoms with Crippen LogP contribution in [0.4, 0.5) is 22.0 Å². The standard InChI is InChI=1S/C9H4ClF5S/c10-7(16)5-1-3-6(4-2-5)8(11,12)9(13,14)15/h1-4H. The fourth-order valence-corrected chi connectivity index (χ4v) is 1.24. The molecule has 16 heavy (non-hydrogen) atoms. The first-order chi connectivity index (χ1) is 7.16. The van der Waals surface area contributed by atoms with E-state index in [-0.39, 0.29) is 9.89 Å². The van der Waals surface area contributed by atoms with Crippen LogP contribution < -0.4 is 0 Å². The molecule has 0 fully saturated rings. The van der Waals surface area contributed by atoms with Crippen molar-refractivity contribution in [1.82, 2.24) is 0 Å². The van der Waals surface area contributed by atoms with Crippen molar-refractivity contribution in [2.24, 2.45) is 0 Å². The van der Waals surface area contributed by atoms with E-state index in [0.717, 1.165) is 12.1 Å². The van der Waals surface area contributed by atoms with Gasteiger partial charge in [0.05, 0.1) is 0 Å². The van der Waals surface area contributed by atoms with Crippen LogP contribution in [0.3, 0.4) is 0 Å². The van der Waals surface area contributed by atoms with Gasteiger partial charge in [-0.1, -0.05) is 48.1 Å². The van der Waals surface area contributed by atoms with Gasteiger partial charge in [0.1, 0.15) is 4.32 Å². The Balaban J connectivity index is 3.11. The molecule has 1 aromatic rings. The van der Waals surface area contributed by atoms with Crippen molar-refractivity contribution in [3.8, 4) is 0 Å². The summed E-state index contributed by atoms with van der Waals surface area (Å²) in [6.45, 7) is 0. The van der Waals surface area contributed by atoms with Gasteiger partial charge in [-0.15, -0.1) is 0 Å². The highest BCUT2D eigenvalue weighted by atomic mass is 35.5. The van der Waals surface area contributed by atoms with Crippen molar-refractivity contribution < 1.29 is 22.0 Å². The molecule has 1 aromatic carbocycles. The molecule has 0 nitrogen and oxygen atoms in total. The molecule has 0 aliphatic carbocycles. The molecular formula is C9H4ClF5S. The smallest absolute Gasteiger partial charge is 0.191 e. The Kier molecular flexibility index (Phi) is 3.54. The third kappa shape index (κ3) is 2.49. The number of halogens is 6. The Morgan fingerprint density at radius 2 is 1.44 bits per heavy atom. The Morgan fingerprint density at radius 1 is 1.00 bits per heavy atom. The van der Waals surface area contributed by atoms with E-state index in [2.05, 4.69) is 12.2 Å². The predicted octanol–water partition coefficient (Wildman–Crippen LogP) is 4.26. The third-order valence-corrected chi connectivity index (χ3v) is 2.28. The molecule has 0 heterocycles. The van der Waals surface area contributed by atoms with Gasteiger partial charge in [0.15, 0.2) is 0 Å². The summed E-state index contributed by atoms with van der Waals surface area (Å²) in [5.74, 6) is -4.88. The lowest BCUT2D eigenvalue weighted by molar-refractivity contribution is -0.289. The number of rotatable bonds is 2. The Labute approximate surface area is 98.0 Å². The highest BCUT2D eigenvalue weighted by Crippen LogP contribution is 2.43. The first-order valence-electron chi connectivity index (χ1n) is 3.91. The molecule has 0 aliphatic rings. The first-order valence-corrected chi connectivity index (χ1v) is 4.70. The quantitative estimate of drug-likeness (QED) is 0.441.